The van der Waals surface area contributed by atoms with E-state index in [4.69, 9.17) is 4.74 Å². The molecule has 470 valence electrons. The van der Waals surface area contributed by atoms with Gasteiger partial charge in [-0.25, -0.2) is 8.42 Å². The van der Waals surface area contributed by atoms with Crippen LogP contribution in [0.15, 0.2) is 100 Å². The number of para-hydroxylation sites is 1. The van der Waals surface area contributed by atoms with Gasteiger partial charge in [-0.3, -0.25) is 33.4 Å². The van der Waals surface area contributed by atoms with Crippen molar-refractivity contribution in [2.45, 2.75) is 129 Å². The first-order valence-electron chi connectivity index (χ1n) is 30.1. The molecule has 4 atom stereocenters. The molecular formula is C64H73N9O14S2. The number of anilines is 2. The Morgan fingerprint density at radius 2 is 1.49 bits per heavy atom. The highest BCUT2D eigenvalue weighted by Crippen LogP contribution is 2.69. The highest BCUT2D eigenvalue weighted by Gasteiger charge is 2.73. The summed E-state index contributed by atoms with van der Waals surface area (Å²) in [5.41, 5.74) is 5.91. The SMILES string of the molecule is C[N+]1=C(/C=C/C=C2\N(CCCCCC(=O)NCC(=O)NCC(=O)NCC(=O)NCC(=O)Nc3cccc4c5c([nH]c34)[C@@H]3Oc4c(O)ccc6c4[C@@]34CCN(CC3CC3)[C@H](C6)[C@]4(O)C5)c3ccc(S(=O)(=O)[O-])cc3C2(C)C)C(C)(C)c2cc(S(=O)(=O)O)ccc21. The van der Waals surface area contributed by atoms with Gasteiger partial charge in [0.05, 0.1) is 69.3 Å². The molecule has 7 aliphatic rings. The van der Waals surface area contributed by atoms with Crippen LogP contribution in [0.3, 0.4) is 0 Å². The van der Waals surface area contributed by atoms with Gasteiger partial charge in [-0.05, 0) is 130 Å². The molecule has 3 aliphatic carbocycles. The van der Waals surface area contributed by atoms with Gasteiger partial charge in [-0.1, -0.05) is 44.5 Å². The minimum absolute atomic E-state index is 0.0414. The molecule has 5 heterocycles. The quantitative estimate of drug-likeness (QED) is 0.0275. The number of ether oxygens (including phenoxy) is 1. The van der Waals surface area contributed by atoms with Crippen LogP contribution < -0.4 is 36.2 Å². The Kier molecular flexibility index (Phi) is 15.5. The molecule has 23 nitrogen and oxygen atoms in total. The normalized spacial score (nSPS) is 23.0. The van der Waals surface area contributed by atoms with Crippen LogP contribution >= 0.6 is 0 Å². The topological polar surface area (TPSA) is 332 Å². The number of fused-ring (bicyclic) bond motifs is 6. The number of phenolic OH excluding ortho intramolecular Hbond substituents is 1. The zero-order valence-corrected chi connectivity index (χ0v) is 51.8. The second kappa shape index (κ2) is 22.5. The molecule has 2 bridgehead atoms. The van der Waals surface area contributed by atoms with E-state index in [0.717, 1.165) is 63.6 Å². The summed E-state index contributed by atoms with van der Waals surface area (Å²) in [6, 6.07) is 17.8. The van der Waals surface area contributed by atoms with E-state index in [1.165, 1.54) is 37.1 Å². The number of hydrogen-bond acceptors (Lipinski definition) is 15. The summed E-state index contributed by atoms with van der Waals surface area (Å²) < 4.78 is 78.7. The standard InChI is InChI=1S/C64H73N9O14S2/c1-61(2)42-28-38(88(81,82)83)19-21-45(42)71(5)48(61)13-10-14-49-62(3,4)43-29-39(89(84,85)86)20-22-46(43)73(49)25-8-6-7-15-51(75)65-31-52(76)66-32-53(77)67-33-54(78)68-34-55(79)69-44-12-9-11-40-41-30-64(80)50-27-37-18-23-47(74)59-56(37)63(64,24-26-72(50)35-36-16-17-36)60(87-59)58(41)70-57(40)44/h9-14,18-23,28-29,36,50,60,70,80H,6-8,15-17,24-27,30-35H2,1-5H3,(H7-,65,66,67,68,69,74,75,76,77,78,79,81,82,83,84,85,86)/t50-,60+,63+,64-/m1/s1. The van der Waals surface area contributed by atoms with Crippen LogP contribution in [0.25, 0.3) is 10.9 Å². The predicted molar refractivity (Wildman–Crippen MR) is 328 cm³/mol. The molecule has 0 radical (unpaired) electrons. The smallest absolute Gasteiger partial charge is 0.294 e. The Labute approximate surface area is 515 Å². The van der Waals surface area contributed by atoms with Gasteiger partial charge in [0.1, 0.15) is 17.2 Å². The van der Waals surface area contributed by atoms with E-state index in [2.05, 4.69) is 41.4 Å². The monoisotopic (exact) mass is 1260 g/mol. The Morgan fingerprint density at radius 1 is 0.820 bits per heavy atom. The predicted octanol–water partition coefficient (Wildman–Crippen LogP) is 4.63. The maximum atomic E-state index is 13.4. The van der Waals surface area contributed by atoms with Crippen molar-refractivity contribution in [3.63, 3.8) is 0 Å². The van der Waals surface area contributed by atoms with Gasteiger partial charge in [0.2, 0.25) is 35.2 Å². The van der Waals surface area contributed by atoms with Crippen molar-refractivity contribution in [1.82, 2.24) is 31.2 Å². The van der Waals surface area contributed by atoms with Crippen LogP contribution in [-0.4, -0.2) is 150 Å². The third kappa shape index (κ3) is 10.8. The van der Waals surface area contributed by atoms with Gasteiger partial charge < -0.3 is 56.0 Å². The van der Waals surface area contributed by atoms with E-state index in [9.17, 15) is 60.1 Å². The van der Waals surface area contributed by atoms with Crippen molar-refractivity contribution in [2.75, 3.05) is 63.1 Å². The Hall–Kier alpha value is -7.94. The number of phenols is 1. The largest absolute Gasteiger partial charge is 0.744 e. The third-order valence-corrected chi connectivity index (χ3v) is 21.2. The Bertz CT molecular complexity index is 4170. The van der Waals surface area contributed by atoms with Crippen molar-refractivity contribution >= 4 is 83.4 Å². The Balaban J connectivity index is 0.587. The molecule has 12 rings (SSSR count). The number of aromatic hydroxyl groups is 1. The van der Waals surface area contributed by atoms with Crippen molar-refractivity contribution < 1.29 is 69.4 Å². The molecule has 4 aromatic carbocycles. The maximum Gasteiger partial charge on any atom is 0.294 e. The number of nitrogens with zero attached hydrogens (tertiary/aromatic N) is 3. The van der Waals surface area contributed by atoms with Gasteiger partial charge in [0.15, 0.2) is 23.3 Å². The van der Waals surface area contributed by atoms with Crippen molar-refractivity contribution in [3.05, 3.63) is 124 Å². The molecule has 1 spiro atoms. The second-order valence-corrected chi connectivity index (χ2v) is 28.5. The van der Waals surface area contributed by atoms with Gasteiger partial charge in [0, 0.05) is 77.4 Å². The van der Waals surface area contributed by atoms with Gasteiger partial charge in [0.25, 0.3) is 10.1 Å². The molecular weight excluding hydrogens is 1180 g/mol. The minimum Gasteiger partial charge on any atom is -0.744 e. The summed E-state index contributed by atoms with van der Waals surface area (Å²) in [6.07, 6.45) is 10.9. The van der Waals surface area contributed by atoms with Crippen LogP contribution in [-0.2, 0) is 73.3 Å². The van der Waals surface area contributed by atoms with Gasteiger partial charge in [-0.2, -0.15) is 13.0 Å². The first kappa shape index (κ1) is 61.3. The summed E-state index contributed by atoms with van der Waals surface area (Å²) in [5, 5.41) is 37.9. The summed E-state index contributed by atoms with van der Waals surface area (Å²) in [6.45, 7) is 8.19. The maximum absolute atomic E-state index is 13.4. The van der Waals surface area contributed by atoms with Crippen LogP contribution in [0.1, 0.15) is 112 Å². The molecule has 5 aromatic rings. The van der Waals surface area contributed by atoms with E-state index in [1.54, 1.807) is 24.3 Å². The zero-order chi connectivity index (χ0) is 63.3. The first-order valence-corrected chi connectivity index (χ1v) is 32.9. The Morgan fingerprint density at radius 3 is 2.18 bits per heavy atom. The molecule has 2 fully saturated rings. The molecule has 1 aromatic heterocycles. The van der Waals surface area contributed by atoms with Crippen molar-refractivity contribution in [1.29, 1.82) is 0 Å². The second-order valence-electron chi connectivity index (χ2n) is 25.7. The number of amides is 5. The number of likely N-dealkylation sites (tertiary alicyclic amines) is 1. The summed E-state index contributed by atoms with van der Waals surface area (Å²) in [7, 11) is -7.33. The van der Waals surface area contributed by atoms with E-state index >= 15 is 0 Å². The van der Waals surface area contributed by atoms with Crippen molar-refractivity contribution in [3.8, 4) is 11.5 Å². The molecule has 5 amide bonds. The number of carbonyl (C=O) groups excluding carboxylic acids is 5. The lowest BCUT2D eigenvalue weighted by molar-refractivity contribution is -0.401. The number of aromatic amines is 1. The number of aliphatic hydroxyl groups is 1. The minimum atomic E-state index is -4.76. The fourth-order valence-electron chi connectivity index (χ4n) is 14.9. The number of nitrogens with one attached hydrogen (secondary N) is 6. The van der Waals surface area contributed by atoms with E-state index < -0.39 is 98.0 Å². The number of aromatic nitrogens is 1. The number of hydrogen-bond donors (Lipinski definition) is 9. The van der Waals surface area contributed by atoms with Gasteiger partial charge >= 0.3 is 0 Å². The first-order chi connectivity index (χ1) is 42.1. The average molecular weight is 1260 g/mol. The number of piperidine rings is 1. The highest BCUT2D eigenvalue weighted by atomic mass is 32.2. The summed E-state index contributed by atoms with van der Waals surface area (Å²) >= 11 is 0. The van der Waals surface area contributed by atoms with Crippen LogP contribution in [0.4, 0.5) is 17.1 Å². The van der Waals surface area contributed by atoms with Crippen LogP contribution in [0, 0.1) is 5.92 Å². The number of carbonyl (C=O) groups is 5. The third-order valence-electron chi connectivity index (χ3n) is 19.5. The fraction of sp³-hybridized carbons (Fsp3) is 0.438. The molecule has 1 saturated heterocycles. The molecule has 4 aliphatic heterocycles. The number of rotatable bonds is 21. The van der Waals surface area contributed by atoms with E-state index in [-0.39, 0.29) is 33.9 Å². The lowest BCUT2D eigenvalue weighted by Crippen LogP contribution is -2.74. The lowest BCUT2D eigenvalue weighted by Gasteiger charge is -2.62. The lowest BCUT2D eigenvalue weighted by atomic mass is 9.49. The average Bonchev–Trinajstić information content (AvgIpc) is 1.56. The molecule has 1 saturated carbocycles. The highest BCUT2D eigenvalue weighted by molar-refractivity contribution is 7.86. The molecule has 25 heteroatoms. The molecule has 9 N–H and O–H groups in total. The van der Waals surface area contributed by atoms with Gasteiger partial charge in [-0.15, -0.1) is 0 Å². The number of unbranched alkanes of at least 4 members (excludes halogenated alkanes) is 2. The van der Waals surface area contributed by atoms with E-state index in [1.807, 2.05) is 75.7 Å². The molecule has 89 heavy (non-hydrogen) atoms. The van der Waals surface area contributed by atoms with Crippen LogP contribution in [0.2, 0.25) is 0 Å². The number of H-pyrrole nitrogens is 1. The zero-order valence-electron chi connectivity index (χ0n) is 50.1. The molecule has 0 unspecified atom stereocenters. The fourth-order valence-corrected chi connectivity index (χ4v) is 15.9. The number of allylic oxidation sites excluding steroid dienone is 4. The summed E-state index contributed by atoms with van der Waals surface area (Å²) in [4.78, 5) is 71.7. The van der Waals surface area contributed by atoms with Crippen LogP contribution in [0.5, 0.6) is 11.5 Å². The summed E-state index contributed by atoms with van der Waals surface area (Å²) in [5.74, 6) is -1.80. The number of benzene rings is 4. The van der Waals surface area contributed by atoms with Crippen molar-refractivity contribution in [2.24, 2.45) is 5.92 Å². The van der Waals surface area contributed by atoms with E-state index in [0.29, 0.717) is 79.1 Å².